The highest BCUT2D eigenvalue weighted by molar-refractivity contribution is 5.85. The molecule has 2 aromatic carbocycles. The zero-order valence-electron chi connectivity index (χ0n) is 14.3. The molecular formula is C20H24N2O2. The van der Waals surface area contributed by atoms with E-state index in [-0.39, 0.29) is 0 Å². The first-order chi connectivity index (χ1) is 11.6. The number of aryl methyl sites for hydroxylation is 1. The number of amidine groups is 1. The first-order valence-corrected chi connectivity index (χ1v) is 8.26. The van der Waals surface area contributed by atoms with Gasteiger partial charge in [0.25, 0.3) is 0 Å². The first-order valence-electron chi connectivity index (χ1n) is 8.26. The molecule has 1 unspecified atom stereocenters. The van der Waals surface area contributed by atoms with Crippen LogP contribution in [0.1, 0.15) is 23.1 Å². The Morgan fingerprint density at radius 2 is 1.83 bits per heavy atom. The molecule has 24 heavy (non-hydrogen) atoms. The third-order valence-electron chi connectivity index (χ3n) is 4.57. The molecule has 1 heterocycles. The van der Waals surface area contributed by atoms with Gasteiger partial charge in [-0.3, -0.25) is 4.99 Å². The van der Waals surface area contributed by atoms with E-state index in [1.54, 1.807) is 7.11 Å². The molecule has 4 heteroatoms. The fourth-order valence-corrected chi connectivity index (χ4v) is 3.32. The van der Waals surface area contributed by atoms with Crippen LogP contribution in [0.5, 0.6) is 0 Å². The summed E-state index contributed by atoms with van der Waals surface area (Å²) in [6, 6.07) is 17.8. The Morgan fingerprint density at radius 3 is 2.54 bits per heavy atom. The fourth-order valence-electron chi connectivity index (χ4n) is 3.32. The van der Waals surface area contributed by atoms with Gasteiger partial charge < -0.3 is 14.7 Å². The van der Waals surface area contributed by atoms with Crippen molar-refractivity contribution in [2.75, 3.05) is 26.9 Å². The molecule has 126 valence electrons. The summed E-state index contributed by atoms with van der Waals surface area (Å²) in [5, 5.41) is 11.7. The SMILES string of the molecule is COCN1CCN=C1CC(O)(c1ccccc1)c1ccccc1C. The van der Waals surface area contributed by atoms with Gasteiger partial charge in [0.15, 0.2) is 0 Å². The Hall–Kier alpha value is -2.17. The molecule has 1 aliphatic heterocycles. The fraction of sp³-hybridized carbons (Fsp3) is 0.350. The Labute approximate surface area is 143 Å². The molecule has 1 atom stereocenters. The average Bonchev–Trinajstić information content (AvgIpc) is 3.03. The number of benzene rings is 2. The lowest BCUT2D eigenvalue weighted by Gasteiger charge is -2.33. The number of ether oxygens (including phenoxy) is 1. The Balaban J connectivity index is 2.02. The molecule has 0 aromatic heterocycles. The number of aliphatic imine (C=N–C) groups is 1. The van der Waals surface area contributed by atoms with E-state index < -0.39 is 5.60 Å². The minimum atomic E-state index is -1.11. The summed E-state index contributed by atoms with van der Waals surface area (Å²) in [4.78, 5) is 6.69. The van der Waals surface area contributed by atoms with Crippen molar-refractivity contribution in [3.05, 3.63) is 71.3 Å². The lowest BCUT2D eigenvalue weighted by atomic mass is 9.81. The largest absolute Gasteiger partial charge is 0.380 e. The summed E-state index contributed by atoms with van der Waals surface area (Å²) >= 11 is 0. The highest BCUT2D eigenvalue weighted by Crippen LogP contribution is 2.36. The van der Waals surface area contributed by atoms with Crippen LogP contribution in [0.3, 0.4) is 0 Å². The van der Waals surface area contributed by atoms with Gasteiger partial charge in [0.1, 0.15) is 18.2 Å². The molecule has 0 radical (unpaired) electrons. The second-order valence-electron chi connectivity index (χ2n) is 6.20. The van der Waals surface area contributed by atoms with E-state index in [9.17, 15) is 5.11 Å². The first kappa shape index (κ1) is 16.7. The van der Waals surface area contributed by atoms with Crippen LogP contribution in [0.15, 0.2) is 59.6 Å². The lowest BCUT2D eigenvalue weighted by molar-refractivity contribution is 0.0770. The number of aliphatic hydroxyl groups is 1. The third-order valence-corrected chi connectivity index (χ3v) is 4.57. The number of hydrogen-bond acceptors (Lipinski definition) is 4. The van der Waals surface area contributed by atoms with E-state index in [2.05, 4.69) is 9.89 Å². The molecule has 0 amide bonds. The van der Waals surface area contributed by atoms with E-state index in [1.165, 1.54) is 0 Å². The van der Waals surface area contributed by atoms with Crippen molar-refractivity contribution < 1.29 is 9.84 Å². The van der Waals surface area contributed by atoms with Crippen LogP contribution in [-0.2, 0) is 10.3 Å². The Bertz CT molecular complexity index is 715. The monoisotopic (exact) mass is 324 g/mol. The van der Waals surface area contributed by atoms with Crippen LogP contribution < -0.4 is 0 Å². The van der Waals surface area contributed by atoms with Crippen LogP contribution in [0, 0.1) is 6.92 Å². The van der Waals surface area contributed by atoms with Gasteiger partial charge >= 0.3 is 0 Å². The summed E-state index contributed by atoms with van der Waals surface area (Å²) in [5.74, 6) is 0.895. The minimum absolute atomic E-state index is 0.436. The normalized spacial score (nSPS) is 16.8. The van der Waals surface area contributed by atoms with Gasteiger partial charge in [-0.25, -0.2) is 0 Å². The zero-order valence-corrected chi connectivity index (χ0v) is 14.3. The molecule has 0 saturated heterocycles. The highest BCUT2D eigenvalue weighted by Gasteiger charge is 2.36. The van der Waals surface area contributed by atoms with E-state index in [1.807, 2.05) is 61.5 Å². The van der Waals surface area contributed by atoms with Gasteiger partial charge in [0.2, 0.25) is 0 Å². The van der Waals surface area contributed by atoms with Gasteiger partial charge in [-0.15, -0.1) is 0 Å². The Morgan fingerprint density at radius 1 is 1.12 bits per heavy atom. The topological polar surface area (TPSA) is 45.1 Å². The summed E-state index contributed by atoms with van der Waals surface area (Å²) < 4.78 is 5.27. The zero-order chi connectivity index (χ0) is 17.0. The predicted molar refractivity (Wildman–Crippen MR) is 96.1 cm³/mol. The van der Waals surface area contributed by atoms with E-state index in [4.69, 9.17) is 4.74 Å². The van der Waals surface area contributed by atoms with Gasteiger partial charge in [-0.05, 0) is 23.6 Å². The maximum atomic E-state index is 11.7. The second-order valence-corrected chi connectivity index (χ2v) is 6.20. The van der Waals surface area contributed by atoms with Gasteiger partial charge in [0, 0.05) is 20.1 Å². The van der Waals surface area contributed by atoms with Crippen LogP contribution in [0.25, 0.3) is 0 Å². The minimum Gasteiger partial charge on any atom is -0.380 e. The van der Waals surface area contributed by atoms with Gasteiger partial charge in [0.05, 0.1) is 6.54 Å². The van der Waals surface area contributed by atoms with Crippen molar-refractivity contribution in [1.82, 2.24) is 4.90 Å². The number of rotatable bonds is 6. The maximum Gasteiger partial charge on any atom is 0.122 e. The van der Waals surface area contributed by atoms with Crippen molar-refractivity contribution in [1.29, 1.82) is 0 Å². The van der Waals surface area contributed by atoms with Crippen molar-refractivity contribution in [3.63, 3.8) is 0 Å². The summed E-state index contributed by atoms with van der Waals surface area (Å²) in [5.41, 5.74) is 1.76. The number of methoxy groups -OCH3 is 1. The van der Waals surface area contributed by atoms with Crippen LogP contribution in [0.4, 0.5) is 0 Å². The second kappa shape index (κ2) is 7.16. The Kier molecular flexibility index (Phi) is 4.97. The van der Waals surface area contributed by atoms with Crippen molar-refractivity contribution in [2.45, 2.75) is 18.9 Å². The molecule has 2 aromatic rings. The molecule has 1 N–H and O–H groups in total. The molecule has 3 rings (SSSR count). The lowest BCUT2D eigenvalue weighted by Crippen LogP contribution is -2.38. The standard InChI is InChI=1S/C20H24N2O2/c1-16-8-6-7-11-18(16)20(23,17-9-4-3-5-10-17)14-19-21-12-13-22(19)15-24-2/h3-11,23H,12-15H2,1-2H3. The number of hydrogen-bond donors (Lipinski definition) is 1. The number of nitrogens with zero attached hydrogens (tertiary/aromatic N) is 2. The van der Waals surface area contributed by atoms with E-state index >= 15 is 0 Å². The summed E-state index contributed by atoms with van der Waals surface area (Å²) in [6.45, 7) is 4.11. The molecule has 4 nitrogen and oxygen atoms in total. The molecule has 0 fully saturated rings. The van der Waals surface area contributed by atoms with Crippen molar-refractivity contribution in [3.8, 4) is 0 Å². The molecule has 0 aliphatic carbocycles. The molecule has 1 aliphatic rings. The van der Waals surface area contributed by atoms with Crippen LogP contribution in [-0.4, -0.2) is 42.8 Å². The van der Waals surface area contributed by atoms with Gasteiger partial charge in [-0.2, -0.15) is 0 Å². The summed E-state index contributed by atoms with van der Waals surface area (Å²) in [7, 11) is 1.68. The highest BCUT2D eigenvalue weighted by atomic mass is 16.5. The molecule has 0 spiro atoms. The van der Waals surface area contributed by atoms with Crippen LogP contribution >= 0.6 is 0 Å². The molecule has 0 bridgehead atoms. The van der Waals surface area contributed by atoms with Crippen molar-refractivity contribution in [2.24, 2.45) is 4.99 Å². The third kappa shape index (κ3) is 3.21. The smallest absolute Gasteiger partial charge is 0.122 e. The van der Waals surface area contributed by atoms with Gasteiger partial charge in [-0.1, -0.05) is 54.6 Å². The predicted octanol–water partition coefficient (Wildman–Crippen LogP) is 2.94. The molecular weight excluding hydrogens is 300 g/mol. The quantitative estimate of drug-likeness (QED) is 0.888. The molecule has 0 saturated carbocycles. The summed E-state index contributed by atoms with van der Waals surface area (Å²) in [6.07, 6.45) is 0.436. The average molecular weight is 324 g/mol. The van der Waals surface area contributed by atoms with Crippen LogP contribution in [0.2, 0.25) is 0 Å². The van der Waals surface area contributed by atoms with Crippen molar-refractivity contribution >= 4 is 5.84 Å². The maximum absolute atomic E-state index is 11.7. The van der Waals surface area contributed by atoms with E-state index in [0.717, 1.165) is 35.6 Å². The van der Waals surface area contributed by atoms with E-state index in [0.29, 0.717) is 13.2 Å².